The van der Waals surface area contributed by atoms with E-state index in [0.717, 1.165) is 28.8 Å². The molecule has 4 nitrogen and oxygen atoms in total. The average molecular weight is 455 g/mol. The monoisotopic (exact) mass is 455 g/mol. The Morgan fingerprint density at radius 3 is 1.94 bits per heavy atom. The molecule has 33 heavy (non-hydrogen) atoms. The minimum atomic E-state index is -4.41. The molecule has 2 saturated heterocycles. The van der Waals surface area contributed by atoms with E-state index in [1.165, 1.54) is 24.3 Å². The predicted molar refractivity (Wildman–Crippen MR) is 117 cm³/mol. The van der Waals surface area contributed by atoms with Crippen LogP contribution >= 0.6 is 0 Å². The Morgan fingerprint density at radius 1 is 0.848 bits per heavy atom. The Balaban J connectivity index is 1.28. The van der Waals surface area contributed by atoms with Crippen LogP contribution in [0.5, 0.6) is 0 Å². The molecule has 2 N–H and O–H groups in total. The summed E-state index contributed by atoms with van der Waals surface area (Å²) in [4.78, 5) is 14.6. The topological polar surface area (TPSA) is 44.4 Å². The van der Waals surface area contributed by atoms with Gasteiger partial charge in [0.2, 0.25) is 0 Å². The molecule has 2 fully saturated rings. The first-order chi connectivity index (χ1) is 15.8. The Bertz CT molecular complexity index is 1130. The normalized spacial score (nSPS) is 21.9. The van der Waals surface area contributed by atoms with Crippen molar-refractivity contribution in [1.29, 1.82) is 0 Å². The van der Waals surface area contributed by atoms with E-state index in [9.17, 15) is 22.4 Å². The molecule has 170 valence electrons. The van der Waals surface area contributed by atoms with E-state index < -0.39 is 11.7 Å². The number of halogens is 4. The second-order valence-electron chi connectivity index (χ2n) is 8.36. The summed E-state index contributed by atoms with van der Waals surface area (Å²) in [5.74, 6) is -0.105. The van der Waals surface area contributed by atoms with Gasteiger partial charge in [0.05, 0.1) is 17.6 Å². The minimum Gasteiger partial charge on any atom is -0.315 e. The Kier molecular flexibility index (Phi) is 5.32. The van der Waals surface area contributed by atoms with Crippen LogP contribution in [0.2, 0.25) is 0 Å². The number of carbonyl (C=O) groups is 1. The van der Waals surface area contributed by atoms with Crippen LogP contribution in [0.4, 0.5) is 28.0 Å². The number of piperidine rings is 1. The molecule has 0 saturated carbocycles. The van der Waals surface area contributed by atoms with Gasteiger partial charge in [-0.05, 0) is 53.1 Å². The number of urea groups is 1. The Hall–Kier alpha value is -3.39. The molecule has 2 amide bonds. The molecule has 1 unspecified atom stereocenters. The zero-order valence-electron chi connectivity index (χ0n) is 17.4. The molecule has 0 radical (unpaired) electrons. The van der Waals surface area contributed by atoms with Crippen molar-refractivity contribution in [2.45, 2.75) is 24.2 Å². The van der Waals surface area contributed by atoms with E-state index in [1.54, 1.807) is 17.0 Å². The third-order valence-corrected chi connectivity index (χ3v) is 6.42. The van der Waals surface area contributed by atoms with Crippen LogP contribution in [-0.2, 0) is 6.18 Å². The molecule has 2 heterocycles. The summed E-state index contributed by atoms with van der Waals surface area (Å²) in [5, 5.41) is 6.04. The summed E-state index contributed by atoms with van der Waals surface area (Å²) in [6.07, 6.45) is -4.41. The number of anilines is 1. The van der Waals surface area contributed by atoms with Gasteiger partial charge < -0.3 is 15.5 Å². The van der Waals surface area contributed by atoms with E-state index in [0.29, 0.717) is 18.8 Å². The summed E-state index contributed by atoms with van der Waals surface area (Å²) in [6, 6.07) is 18.4. The molecular weight excluding hydrogens is 434 g/mol. The molecule has 2 bridgehead atoms. The number of benzene rings is 3. The largest absolute Gasteiger partial charge is 0.416 e. The number of hydrogen-bond donors (Lipinski definition) is 2. The minimum absolute atomic E-state index is 0.0464. The molecule has 3 aromatic rings. The zero-order chi connectivity index (χ0) is 23.2. The lowest BCUT2D eigenvalue weighted by Gasteiger charge is -2.59. The van der Waals surface area contributed by atoms with Gasteiger partial charge in [0.15, 0.2) is 0 Å². The molecular formula is C25H21F4N3O. The molecule has 2 aliphatic rings. The Labute approximate surface area is 188 Å². The maximum absolute atomic E-state index is 13.2. The first-order valence-electron chi connectivity index (χ1n) is 10.6. The van der Waals surface area contributed by atoms with E-state index in [-0.39, 0.29) is 29.8 Å². The maximum atomic E-state index is 13.2. The summed E-state index contributed by atoms with van der Waals surface area (Å²) in [7, 11) is 0. The van der Waals surface area contributed by atoms with Crippen LogP contribution in [0.15, 0.2) is 72.8 Å². The number of nitrogens with one attached hydrogen (secondary N) is 2. The van der Waals surface area contributed by atoms with Crippen LogP contribution in [-0.4, -0.2) is 36.1 Å². The van der Waals surface area contributed by atoms with Crippen LogP contribution in [0.25, 0.3) is 11.1 Å². The van der Waals surface area contributed by atoms with E-state index >= 15 is 0 Å². The van der Waals surface area contributed by atoms with Crippen molar-refractivity contribution in [1.82, 2.24) is 10.2 Å². The van der Waals surface area contributed by atoms with Crippen LogP contribution in [0.1, 0.15) is 17.0 Å². The lowest BCUT2D eigenvalue weighted by molar-refractivity contribution is -0.137. The highest BCUT2D eigenvalue weighted by Crippen LogP contribution is 2.43. The highest BCUT2D eigenvalue weighted by atomic mass is 19.4. The summed E-state index contributed by atoms with van der Waals surface area (Å²) >= 11 is 0. The van der Waals surface area contributed by atoms with Gasteiger partial charge in [0.25, 0.3) is 0 Å². The summed E-state index contributed by atoms with van der Waals surface area (Å²) < 4.78 is 51.4. The third kappa shape index (κ3) is 4.06. The third-order valence-electron chi connectivity index (χ3n) is 6.42. The van der Waals surface area contributed by atoms with Gasteiger partial charge in [-0.2, -0.15) is 13.2 Å². The van der Waals surface area contributed by atoms with Gasteiger partial charge in [0, 0.05) is 24.7 Å². The van der Waals surface area contributed by atoms with Crippen molar-refractivity contribution in [3.63, 3.8) is 0 Å². The molecule has 8 heteroatoms. The van der Waals surface area contributed by atoms with Gasteiger partial charge in [-0.1, -0.05) is 36.4 Å². The van der Waals surface area contributed by atoms with E-state index in [2.05, 4.69) is 10.6 Å². The number of alkyl halides is 3. The van der Waals surface area contributed by atoms with E-state index in [4.69, 9.17) is 0 Å². The first kappa shape index (κ1) is 21.5. The highest BCUT2D eigenvalue weighted by Gasteiger charge is 2.53. The number of amides is 2. The van der Waals surface area contributed by atoms with Gasteiger partial charge in [-0.3, -0.25) is 0 Å². The molecule has 3 aromatic carbocycles. The molecule has 5 rings (SSSR count). The van der Waals surface area contributed by atoms with E-state index in [1.807, 2.05) is 24.3 Å². The Morgan fingerprint density at radius 2 is 1.39 bits per heavy atom. The number of nitrogens with zero attached hydrogens (tertiary/aromatic N) is 1. The average Bonchev–Trinajstić information content (AvgIpc) is 2.80. The van der Waals surface area contributed by atoms with Crippen molar-refractivity contribution in [3.05, 3.63) is 89.7 Å². The van der Waals surface area contributed by atoms with Crippen molar-refractivity contribution in [2.75, 3.05) is 18.4 Å². The number of fused-ring (bicyclic) bond motifs is 2. The molecule has 0 spiro atoms. The number of rotatable bonds is 3. The highest BCUT2D eigenvalue weighted by molar-refractivity contribution is 5.91. The first-order valence-corrected chi connectivity index (χ1v) is 10.6. The van der Waals surface area contributed by atoms with Crippen molar-refractivity contribution < 1.29 is 22.4 Å². The maximum Gasteiger partial charge on any atom is 0.416 e. The summed E-state index contributed by atoms with van der Waals surface area (Å²) in [6.45, 7) is 1.28. The molecule has 3 atom stereocenters. The van der Waals surface area contributed by atoms with Gasteiger partial charge in [0.1, 0.15) is 5.82 Å². The second kappa shape index (κ2) is 8.19. The number of carbonyl (C=O) groups excluding carboxylic acids is 1. The fourth-order valence-corrected chi connectivity index (χ4v) is 4.79. The van der Waals surface area contributed by atoms with Gasteiger partial charge in [-0.25, -0.2) is 9.18 Å². The lowest BCUT2D eigenvalue weighted by atomic mass is 9.72. The molecule has 0 aliphatic carbocycles. The summed E-state index contributed by atoms with van der Waals surface area (Å²) in [5.41, 5.74) is 2.60. The van der Waals surface area contributed by atoms with Crippen molar-refractivity contribution in [3.8, 4) is 11.1 Å². The van der Waals surface area contributed by atoms with Gasteiger partial charge >= 0.3 is 12.2 Å². The predicted octanol–water partition coefficient (Wildman–Crippen LogP) is 5.48. The zero-order valence-corrected chi connectivity index (χ0v) is 17.4. The molecule has 2 aliphatic heterocycles. The fourth-order valence-electron chi connectivity index (χ4n) is 4.79. The number of piperazine rings is 1. The van der Waals surface area contributed by atoms with Crippen LogP contribution in [0.3, 0.4) is 0 Å². The van der Waals surface area contributed by atoms with Crippen LogP contribution in [0, 0.1) is 5.82 Å². The molecule has 0 aromatic heterocycles. The quantitative estimate of drug-likeness (QED) is 0.514. The van der Waals surface area contributed by atoms with Crippen molar-refractivity contribution >= 4 is 11.7 Å². The smallest absolute Gasteiger partial charge is 0.315 e. The SMILES string of the molecule is O=C(Nc1ccc(C(F)(F)F)cc1)N1[C@@H]2CNC[C@H]1C2c1ccc(-c2ccc(F)cc2)cc1. The van der Waals surface area contributed by atoms with Crippen molar-refractivity contribution in [2.24, 2.45) is 0 Å². The lowest BCUT2D eigenvalue weighted by Crippen LogP contribution is -2.74. The number of hydrogen-bond acceptors (Lipinski definition) is 2. The van der Waals surface area contributed by atoms with Gasteiger partial charge in [-0.15, -0.1) is 0 Å². The fraction of sp³-hybridized carbons (Fsp3) is 0.240. The standard InChI is InChI=1S/C25H21F4N3O/c26-19-9-5-16(6-10-19)15-1-3-17(4-2-15)23-21-13-30-14-22(23)32(21)24(33)31-20-11-7-18(8-12-20)25(27,28)29/h1-12,21-23,30H,13-14H2,(H,31,33)/t21-,22+,23?. The second-order valence-corrected chi connectivity index (χ2v) is 8.36. The van der Waals surface area contributed by atoms with Crippen LogP contribution < -0.4 is 10.6 Å².